The second kappa shape index (κ2) is 3.04. The fourth-order valence-corrected chi connectivity index (χ4v) is 1.45. The van der Waals surface area contributed by atoms with Crippen molar-refractivity contribution in [3.8, 4) is 0 Å². The number of nitrogens with one attached hydrogen (secondary N) is 1. The van der Waals surface area contributed by atoms with Crippen LogP contribution in [0.4, 0.5) is 0 Å². The van der Waals surface area contributed by atoms with Crippen molar-refractivity contribution in [1.29, 1.82) is 0 Å². The van der Waals surface area contributed by atoms with E-state index in [2.05, 4.69) is 16.4 Å². The van der Waals surface area contributed by atoms with E-state index in [1.165, 1.54) is 12.0 Å². The minimum atomic E-state index is 0.508. The molecule has 0 saturated carbocycles. The Kier molecular flexibility index (Phi) is 2.03. The fourth-order valence-electron chi connectivity index (χ4n) is 1.34. The van der Waals surface area contributed by atoms with Crippen LogP contribution in [-0.2, 0) is 0 Å². The standard InChI is InChI=1S/C9H11ClN2/c1-6-4-7(5-12-9(6)10)8-2-3-11-8/h4-5,8,11H,2-3H2,1H3/t8-/m1/s1. The molecule has 1 N–H and O–H groups in total. The first kappa shape index (κ1) is 8.02. The highest BCUT2D eigenvalue weighted by Crippen LogP contribution is 2.24. The van der Waals surface area contributed by atoms with E-state index in [9.17, 15) is 0 Å². The lowest BCUT2D eigenvalue weighted by molar-refractivity contribution is 0.382. The van der Waals surface area contributed by atoms with Gasteiger partial charge in [0, 0.05) is 12.2 Å². The summed E-state index contributed by atoms with van der Waals surface area (Å²) in [5, 5.41) is 3.93. The van der Waals surface area contributed by atoms with Gasteiger partial charge < -0.3 is 5.32 Å². The lowest BCUT2D eigenvalue weighted by atomic mass is 9.99. The average molecular weight is 183 g/mol. The van der Waals surface area contributed by atoms with Crippen LogP contribution in [0.15, 0.2) is 12.3 Å². The van der Waals surface area contributed by atoms with E-state index in [0.717, 1.165) is 12.1 Å². The third-order valence-electron chi connectivity index (χ3n) is 2.26. The third kappa shape index (κ3) is 1.32. The van der Waals surface area contributed by atoms with Gasteiger partial charge >= 0.3 is 0 Å². The Hall–Kier alpha value is -0.600. The Labute approximate surface area is 77.0 Å². The summed E-state index contributed by atoms with van der Waals surface area (Å²) in [4.78, 5) is 4.11. The Morgan fingerprint density at radius 2 is 2.42 bits per heavy atom. The van der Waals surface area contributed by atoms with Crippen molar-refractivity contribution in [2.24, 2.45) is 0 Å². The summed E-state index contributed by atoms with van der Waals surface area (Å²) in [6, 6.07) is 2.61. The zero-order chi connectivity index (χ0) is 8.55. The van der Waals surface area contributed by atoms with Crippen LogP contribution in [0, 0.1) is 6.92 Å². The first-order valence-corrected chi connectivity index (χ1v) is 4.50. The van der Waals surface area contributed by atoms with Crippen LogP contribution < -0.4 is 5.32 Å². The van der Waals surface area contributed by atoms with Crippen molar-refractivity contribution in [3.63, 3.8) is 0 Å². The molecule has 12 heavy (non-hydrogen) atoms. The molecule has 1 aromatic heterocycles. The summed E-state index contributed by atoms with van der Waals surface area (Å²) in [5.41, 5.74) is 2.31. The predicted octanol–water partition coefficient (Wildman–Crippen LogP) is 2.08. The molecule has 0 spiro atoms. The number of hydrogen-bond donors (Lipinski definition) is 1. The summed E-state index contributed by atoms with van der Waals surface area (Å²) in [6.07, 6.45) is 3.06. The number of hydrogen-bond acceptors (Lipinski definition) is 2. The summed E-state index contributed by atoms with van der Waals surface area (Å²) < 4.78 is 0. The Balaban J connectivity index is 2.27. The van der Waals surface area contributed by atoms with Crippen molar-refractivity contribution in [1.82, 2.24) is 10.3 Å². The molecule has 1 atom stereocenters. The Morgan fingerprint density at radius 1 is 1.67 bits per heavy atom. The fraction of sp³-hybridized carbons (Fsp3) is 0.444. The SMILES string of the molecule is Cc1cc([C@H]2CCN2)cnc1Cl. The number of nitrogens with zero attached hydrogens (tertiary/aromatic N) is 1. The van der Waals surface area contributed by atoms with E-state index in [1.807, 2.05) is 13.1 Å². The minimum Gasteiger partial charge on any atom is -0.310 e. The van der Waals surface area contributed by atoms with Crippen LogP contribution in [0.2, 0.25) is 5.15 Å². The number of pyridine rings is 1. The largest absolute Gasteiger partial charge is 0.310 e. The van der Waals surface area contributed by atoms with E-state index in [4.69, 9.17) is 11.6 Å². The minimum absolute atomic E-state index is 0.508. The number of aryl methyl sites for hydroxylation is 1. The van der Waals surface area contributed by atoms with Crippen LogP contribution in [0.1, 0.15) is 23.6 Å². The second-order valence-corrected chi connectivity index (χ2v) is 3.53. The van der Waals surface area contributed by atoms with E-state index < -0.39 is 0 Å². The normalized spacial score (nSPS) is 22.0. The molecule has 0 amide bonds. The molecule has 0 bridgehead atoms. The van der Waals surface area contributed by atoms with Gasteiger partial charge in [-0.05, 0) is 37.1 Å². The molecule has 1 aliphatic rings. The molecule has 0 unspecified atom stereocenters. The highest BCUT2D eigenvalue weighted by atomic mass is 35.5. The number of halogens is 1. The predicted molar refractivity (Wildman–Crippen MR) is 49.3 cm³/mol. The van der Waals surface area contributed by atoms with Gasteiger partial charge in [0.2, 0.25) is 0 Å². The van der Waals surface area contributed by atoms with Crippen molar-refractivity contribution >= 4 is 11.6 Å². The molecule has 2 rings (SSSR count). The van der Waals surface area contributed by atoms with Crippen LogP contribution in [0.25, 0.3) is 0 Å². The smallest absolute Gasteiger partial charge is 0.131 e. The van der Waals surface area contributed by atoms with Gasteiger partial charge in [0.25, 0.3) is 0 Å². The monoisotopic (exact) mass is 182 g/mol. The van der Waals surface area contributed by atoms with E-state index in [0.29, 0.717) is 11.2 Å². The lowest BCUT2D eigenvalue weighted by Crippen LogP contribution is -2.35. The molecular formula is C9H11ClN2. The Morgan fingerprint density at radius 3 is 2.92 bits per heavy atom. The van der Waals surface area contributed by atoms with Gasteiger partial charge in [-0.15, -0.1) is 0 Å². The molecule has 1 fully saturated rings. The molecule has 0 aliphatic carbocycles. The van der Waals surface area contributed by atoms with Gasteiger partial charge in [-0.3, -0.25) is 0 Å². The lowest BCUT2D eigenvalue weighted by Gasteiger charge is -2.27. The van der Waals surface area contributed by atoms with Crippen molar-refractivity contribution in [3.05, 3.63) is 28.5 Å². The van der Waals surface area contributed by atoms with Crippen LogP contribution in [-0.4, -0.2) is 11.5 Å². The summed E-state index contributed by atoms with van der Waals surface area (Å²) >= 11 is 5.82. The second-order valence-electron chi connectivity index (χ2n) is 3.17. The summed E-state index contributed by atoms with van der Waals surface area (Å²) in [6.45, 7) is 3.10. The van der Waals surface area contributed by atoms with Gasteiger partial charge in [-0.1, -0.05) is 11.6 Å². The zero-order valence-corrected chi connectivity index (χ0v) is 7.73. The highest BCUT2D eigenvalue weighted by Gasteiger charge is 2.18. The van der Waals surface area contributed by atoms with Gasteiger partial charge in [0.1, 0.15) is 5.15 Å². The molecular weight excluding hydrogens is 172 g/mol. The molecule has 1 aliphatic heterocycles. The topological polar surface area (TPSA) is 24.9 Å². The number of rotatable bonds is 1. The van der Waals surface area contributed by atoms with E-state index in [-0.39, 0.29) is 0 Å². The van der Waals surface area contributed by atoms with Crippen LogP contribution >= 0.6 is 11.6 Å². The summed E-state index contributed by atoms with van der Waals surface area (Å²) in [7, 11) is 0. The molecule has 0 radical (unpaired) electrons. The molecule has 64 valence electrons. The summed E-state index contributed by atoms with van der Waals surface area (Å²) in [5.74, 6) is 0. The maximum absolute atomic E-state index is 5.82. The number of aromatic nitrogens is 1. The zero-order valence-electron chi connectivity index (χ0n) is 6.97. The quantitative estimate of drug-likeness (QED) is 0.673. The molecule has 3 heteroatoms. The maximum atomic E-state index is 5.82. The van der Waals surface area contributed by atoms with Gasteiger partial charge in [-0.2, -0.15) is 0 Å². The van der Waals surface area contributed by atoms with E-state index >= 15 is 0 Å². The first-order valence-electron chi connectivity index (χ1n) is 4.13. The molecule has 1 aromatic rings. The average Bonchev–Trinajstić information content (AvgIpc) is 1.93. The van der Waals surface area contributed by atoms with Gasteiger partial charge in [0.15, 0.2) is 0 Å². The van der Waals surface area contributed by atoms with Gasteiger partial charge in [0.05, 0.1) is 0 Å². The van der Waals surface area contributed by atoms with Crippen LogP contribution in [0.5, 0.6) is 0 Å². The van der Waals surface area contributed by atoms with Crippen LogP contribution in [0.3, 0.4) is 0 Å². The molecule has 2 heterocycles. The first-order chi connectivity index (χ1) is 5.77. The molecule has 0 aromatic carbocycles. The van der Waals surface area contributed by atoms with E-state index in [1.54, 1.807) is 0 Å². The highest BCUT2D eigenvalue weighted by molar-refractivity contribution is 6.30. The van der Waals surface area contributed by atoms with Crippen molar-refractivity contribution in [2.45, 2.75) is 19.4 Å². The van der Waals surface area contributed by atoms with Crippen molar-refractivity contribution in [2.75, 3.05) is 6.54 Å². The maximum Gasteiger partial charge on any atom is 0.131 e. The molecule has 1 saturated heterocycles. The van der Waals surface area contributed by atoms with Gasteiger partial charge in [-0.25, -0.2) is 4.98 Å². The van der Waals surface area contributed by atoms with Crippen molar-refractivity contribution < 1.29 is 0 Å². The Bertz CT molecular complexity index is 295. The third-order valence-corrected chi connectivity index (χ3v) is 2.66. The molecule has 2 nitrogen and oxygen atoms in total.